The van der Waals surface area contributed by atoms with Gasteiger partial charge in [0.15, 0.2) is 11.6 Å². The van der Waals surface area contributed by atoms with Gasteiger partial charge in [0.25, 0.3) is 10.2 Å². The number of nitrogens with two attached hydrogens (primary N) is 1. The van der Waals surface area contributed by atoms with E-state index < -0.39 is 10.2 Å². The van der Waals surface area contributed by atoms with Crippen LogP contribution in [0.1, 0.15) is 44.0 Å². The number of aryl methyl sites for hydroxylation is 1. The molecule has 1 aliphatic heterocycles. The number of fused-ring (bicyclic) bond motifs is 1. The van der Waals surface area contributed by atoms with E-state index in [0.717, 1.165) is 22.7 Å². The zero-order valence-electron chi connectivity index (χ0n) is 15.5. The van der Waals surface area contributed by atoms with E-state index in [2.05, 4.69) is 10.00 Å². The maximum atomic E-state index is 11.6. The van der Waals surface area contributed by atoms with Crippen molar-refractivity contribution in [2.75, 3.05) is 25.0 Å². The van der Waals surface area contributed by atoms with Crippen LogP contribution in [0.5, 0.6) is 0 Å². The third-order valence-corrected chi connectivity index (χ3v) is 6.32. The summed E-state index contributed by atoms with van der Waals surface area (Å²) >= 11 is 6.35. The summed E-state index contributed by atoms with van der Waals surface area (Å²) in [6, 6.07) is 1.79. The molecular formula is C16H25ClN6O2S. The van der Waals surface area contributed by atoms with E-state index in [1.807, 2.05) is 26.8 Å². The molecule has 3 rings (SSSR count). The van der Waals surface area contributed by atoms with Crippen molar-refractivity contribution in [3.63, 3.8) is 0 Å². The number of halogens is 1. The summed E-state index contributed by atoms with van der Waals surface area (Å²) in [4.78, 5) is 6.98. The molecule has 144 valence electrons. The molecule has 2 aromatic rings. The highest BCUT2D eigenvalue weighted by atomic mass is 35.5. The Morgan fingerprint density at radius 3 is 2.50 bits per heavy atom. The molecule has 2 aromatic heterocycles. The summed E-state index contributed by atoms with van der Waals surface area (Å²) in [5, 5.41) is 10.4. The van der Waals surface area contributed by atoms with Gasteiger partial charge in [-0.2, -0.15) is 17.8 Å². The van der Waals surface area contributed by atoms with Crippen molar-refractivity contribution in [1.82, 2.24) is 18.9 Å². The molecule has 3 heterocycles. The second kappa shape index (κ2) is 6.95. The topological polar surface area (TPSA) is 96.8 Å². The molecule has 0 saturated carbocycles. The third kappa shape index (κ3) is 3.53. The molecule has 10 heteroatoms. The zero-order chi connectivity index (χ0) is 19.2. The fourth-order valence-corrected chi connectivity index (χ4v) is 4.26. The Kier molecular flexibility index (Phi) is 5.17. The van der Waals surface area contributed by atoms with Crippen molar-refractivity contribution in [2.24, 2.45) is 5.14 Å². The molecule has 0 unspecified atom stereocenters. The Morgan fingerprint density at radius 1 is 1.35 bits per heavy atom. The summed E-state index contributed by atoms with van der Waals surface area (Å²) in [5.41, 5.74) is 1.92. The van der Waals surface area contributed by atoms with Crippen LogP contribution < -0.4 is 10.0 Å². The van der Waals surface area contributed by atoms with E-state index in [1.54, 1.807) is 4.52 Å². The van der Waals surface area contributed by atoms with Gasteiger partial charge in [-0.05, 0) is 31.4 Å². The molecule has 0 amide bonds. The van der Waals surface area contributed by atoms with Crippen molar-refractivity contribution in [3.05, 3.63) is 22.6 Å². The molecule has 0 bridgehead atoms. The van der Waals surface area contributed by atoms with Crippen molar-refractivity contribution in [1.29, 1.82) is 0 Å². The largest absolute Gasteiger partial charge is 0.355 e. The Balaban J connectivity index is 1.94. The third-order valence-electron chi connectivity index (χ3n) is 4.95. The Bertz CT molecular complexity index is 918. The van der Waals surface area contributed by atoms with Crippen LogP contribution in [0, 0.1) is 6.92 Å². The average Bonchev–Trinajstić information content (AvgIpc) is 2.87. The highest BCUT2D eigenvalue weighted by molar-refractivity contribution is 7.86. The van der Waals surface area contributed by atoms with Crippen LogP contribution in [0.15, 0.2) is 6.07 Å². The maximum absolute atomic E-state index is 11.6. The van der Waals surface area contributed by atoms with E-state index in [-0.39, 0.29) is 12.0 Å². The molecular weight excluding hydrogens is 376 g/mol. The lowest BCUT2D eigenvalue weighted by molar-refractivity contribution is 0.312. The van der Waals surface area contributed by atoms with Crippen molar-refractivity contribution < 1.29 is 8.42 Å². The smallest absolute Gasteiger partial charge is 0.276 e. The Morgan fingerprint density at radius 2 is 1.96 bits per heavy atom. The van der Waals surface area contributed by atoms with Crippen LogP contribution in [-0.4, -0.2) is 53.5 Å². The lowest BCUT2D eigenvalue weighted by Gasteiger charge is -2.36. The predicted octanol–water partition coefficient (Wildman–Crippen LogP) is 1.92. The lowest BCUT2D eigenvalue weighted by atomic mass is 10.1. The van der Waals surface area contributed by atoms with Gasteiger partial charge in [0.05, 0.1) is 0 Å². The number of piperidine rings is 1. The van der Waals surface area contributed by atoms with E-state index in [0.29, 0.717) is 31.1 Å². The van der Waals surface area contributed by atoms with Gasteiger partial charge in [0.1, 0.15) is 10.7 Å². The summed E-state index contributed by atoms with van der Waals surface area (Å²) < 4.78 is 26.2. The van der Waals surface area contributed by atoms with Crippen LogP contribution in [-0.2, 0) is 10.2 Å². The van der Waals surface area contributed by atoms with Gasteiger partial charge < -0.3 is 4.90 Å². The molecule has 2 N–H and O–H groups in total. The van der Waals surface area contributed by atoms with Gasteiger partial charge in [0, 0.05) is 32.1 Å². The van der Waals surface area contributed by atoms with Gasteiger partial charge in [-0.25, -0.2) is 14.6 Å². The normalized spacial score (nSPS) is 17.0. The van der Waals surface area contributed by atoms with Crippen molar-refractivity contribution >= 4 is 33.1 Å². The fraction of sp³-hybridized carbons (Fsp3) is 0.625. The minimum atomic E-state index is -3.67. The summed E-state index contributed by atoms with van der Waals surface area (Å²) in [5.74, 6) is 1.75. The summed E-state index contributed by atoms with van der Waals surface area (Å²) in [6.07, 6.45) is 1.38. The molecule has 0 spiro atoms. The molecule has 26 heavy (non-hydrogen) atoms. The van der Waals surface area contributed by atoms with Gasteiger partial charge >= 0.3 is 0 Å². The second-order valence-electron chi connectivity index (χ2n) is 7.14. The van der Waals surface area contributed by atoms with Gasteiger partial charge in [0.2, 0.25) is 0 Å². The SMILES string of the molecule is Cc1cc(Cl)n2nc(C(C)C)nc(N3CCC(N(C)S(N)(=O)=O)CC3)c12. The zero-order valence-corrected chi connectivity index (χ0v) is 17.0. The van der Waals surface area contributed by atoms with Crippen LogP contribution >= 0.6 is 11.6 Å². The van der Waals surface area contributed by atoms with E-state index >= 15 is 0 Å². The van der Waals surface area contributed by atoms with Crippen LogP contribution in [0.2, 0.25) is 5.15 Å². The van der Waals surface area contributed by atoms with Gasteiger partial charge in [-0.15, -0.1) is 0 Å². The molecule has 1 fully saturated rings. The van der Waals surface area contributed by atoms with Crippen LogP contribution in [0.4, 0.5) is 5.82 Å². The van der Waals surface area contributed by atoms with E-state index in [1.165, 1.54) is 11.4 Å². The quantitative estimate of drug-likeness (QED) is 0.845. The van der Waals surface area contributed by atoms with Crippen LogP contribution in [0.25, 0.3) is 5.52 Å². The fourth-order valence-electron chi connectivity index (χ4n) is 3.35. The molecule has 8 nitrogen and oxygen atoms in total. The summed E-state index contributed by atoms with van der Waals surface area (Å²) in [6.45, 7) is 7.46. The first kappa shape index (κ1) is 19.3. The number of nitrogens with zero attached hydrogens (tertiary/aromatic N) is 5. The number of hydrogen-bond donors (Lipinski definition) is 1. The second-order valence-corrected chi connectivity index (χ2v) is 9.13. The highest BCUT2D eigenvalue weighted by Gasteiger charge is 2.29. The molecule has 0 aromatic carbocycles. The van der Waals surface area contributed by atoms with E-state index in [4.69, 9.17) is 21.7 Å². The van der Waals surface area contributed by atoms with E-state index in [9.17, 15) is 8.42 Å². The number of anilines is 1. The first-order valence-electron chi connectivity index (χ1n) is 8.66. The number of aromatic nitrogens is 3. The molecule has 0 radical (unpaired) electrons. The van der Waals surface area contributed by atoms with Crippen molar-refractivity contribution in [2.45, 2.75) is 45.6 Å². The van der Waals surface area contributed by atoms with Crippen molar-refractivity contribution in [3.8, 4) is 0 Å². The number of hydrogen-bond acceptors (Lipinski definition) is 5. The maximum Gasteiger partial charge on any atom is 0.276 e. The lowest BCUT2D eigenvalue weighted by Crippen LogP contribution is -2.48. The van der Waals surface area contributed by atoms with Crippen LogP contribution in [0.3, 0.4) is 0 Å². The minimum Gasteiger partial charge on any atom is -0.355 e. The predicted molar refractivity (Wildman–Crippen MR) is 103 cm³/mol. The Labute approximate surface area is 159 Å². The minimum absolute atomic E-state index is 0.0971. The van der Waals surface area contributed by atoms with Gasteiger partial charge in [-0.1, -0.05) is 25.4 Å². The molecule has 0 aliphatic carbocycles. The number of rotatable bonds is 4. The highest BCUT2D eigenvalue weighted by Crippen LogP contribution is 2.31. The standard InChI is InChI=1S/C16H25ClN6O2S/c1-10(2)15-19-16(14-11(3)9-13(17)23(14)20-15)22-7-5-12(6-8-22)21(4)26(18,24)25/h9-10,12H,5-8H2,1-4H3,(H2,18,24,25). The molecule has 1 saturated heterocycles. The van der Waals surface area contributed by atoms with Gasteiger partial charge in [-0.3, -0.25) is 0 Å². The monoisotopic (exact) mass is 400 g/mol. The average molecular weight is 401 g/mol. The molecule has 0 atom stereocenters. The Hall–Kier alpha value is -1.42. The first-order chi connectivity index (χ1) is 12.1. The summed E-state index contributed by atoms with van der Waals surface area (Å²) in [7, 11) is -2.14. The molecule has 1 aliphatic rings. The first-order valence-corrected chi connectivity index (χ1v) is 10.5.